The summed E-state index contributed by atoms with van der Waals surface area (Å²) in [5, 5.41) is 0. The zero-order valence-corrected chi connectivity index (χ0v) is 12.8. The van der Waals surface area contributed by atoms with Crippen LogP contribution in [0.2, 0.25) is 0 Å². The van der Waals surface area contributed by atoms with Crippen molar-refractivity contribution < 1.29 is 13.7 Å². The lowest BCUT2D eigenvalue weighted by molar-refractivity contribution is -0.692. The molecule has 20 heavy (non-hydrogen) atoms. The summed E-state index contributed by atoms with van der Waals surface area (Å²) in [7, 11) is -2.46. The van der Waals surface area contributed by atoms with Gasteiger partial charge in [-0.15, -0.1) is 0 Å². The highest BCUT2D eigenvalue weighted by atomic mass is 31.2. The fourth-order valence-corrected chi connectivity index (χ4v) is 3.25. The molecule has 0 spiro atoms. The van der Waals surface area contributed by atoms with Crippen molar-refractivity contribution in [1.29, 1.82) is 0 Å². The number of aromatic nitrogens is 2. The Morgan fingerprint density at radius 2 is 1.75 bits per heavy atom. The monoisotopic (exact) mass is 291 g/mol. The maximum Gasteiger partial charge on any atom is 0.206 e. The summed E-state index contributed by atoms with van der Waals surface area (Å²) in [6.07, 6.45) is 8.13. The van der Waals surface area contributed by atoms with Gasteiger partial charge in [0.05, 0.1) is 12.8 Å². The smallest absolute Gasteiger partial charge is 0.206 e. The highest BCUT2D eigenvalue weighted by molar-refractivity contribution is 7.58. The van der Waals surface area contributed by atoms with Crippen LogP contribution in [0.4, 0.5) is 0 Å². The van der Waals surface area contributed by atoms with Gasteiger partial charge in [0.15, 0.2) is 18.9 Å². The van der Waals surface area contributed by atoms with Crippen LogP contribution in [0.1, 0.15) is 6.92 Å². The van der Waals surface area contributed by atoms with Crippen molar-refractivity contribution in [3.63, 3.8) is 0 Å². The van der Waals surface area contributed by atoms with E-state index in [4.69, 9.17) is 4.52 Å². The van der Waals surface area contributed by atoms with Gasteiger partial charge in [0.1, 0.15) is 0 Å². The summed E-state index contributed by atoms with van der Waals surface area (Å²) in [6, 6.07) is 8.07. The van der Waals surface area contributed by atoms with Gasteiger partial charge in [0.25, 0.3) is 0 Å². The molecule has 0 aliphatic rings. The third kappa shape index (κ3) is 4.26. The van der Waals surface area contributed by atoms with Gasteiger partial charge in [0.2, 0.25) is 7.37 Å². The molecule has 0 aromatic carbocycles. The first kappa shape index (κ1) is 14.9. The van der Waals surface area contributed by atoms with Crippen molar-refractivity contribution in [2.75, 3.05) is 19.4 Å². The van der Waals surface area contributed by atoms with E-state index in [1.54, 1.807) is 19.1 Å². The molecule has 0 fully saturated rings. The Hall–Kier alpha value is -1.51. The minimum Gasteiger partial charge on any atom is -0.329 e. The number of pyridine rings is 2. The molecule has 2 aromatic rings. The first-order valence-corrected chi connectivity index (χ1v) is 8.97. The van der Waals surface area contributed by atoms with Crippen molar-refractivity contribution >= 4 is 7.37 Å². The zero-order valence-electron chi connectivity index (χ0n) is 11.9. The Kier molecular flexibility index (Phi) is 5.05. The Bertz CT molecular complexity index is 585. The summed E-state index contributed by atoms with van der Waals surface area (Å²) >= 11 is 0. The summed E-state index contributed by atoms with van der Waals surface area (Å²) < 4.78 is 19.3. The Labute approximate surface area is 119 Å². The van der Waals surface area contributed by atoms with Crippen LogP contribution in [0, 0.1) is 0 Å². The number of nitrogens with zero attached hydrogens (tertiary/aromatic N) is 2. The van der Waals surface area contributed by atoms with Gasteiger partial charge >= 0.3 is 0 Å². The van der Waals surface area contributed by atoms with Gasteiger partial charge in [0, 0.05) is 31.2 Å². The standard InChI is InChI=1S/C15H20N2O2P/c1-3-19-20(2,18)13-12-17-10-6-15(7-11-17)14-4-8-16-9-5-14/h4-11H,3,12-13H2,1-2H3/q+1. The molecule has 0 N–H and O–H groups in total. The van der Waals surface area contributed by atoms with E-state index < -0.39 is 7.37 Å². The molecule has 5 heteroatoms. The lowest BCUT2D eigenvalue weighted by Gasteiger charge is -2.10. The van der Waals surface area contributed by atoms with Gasteiger partial charge in [-0.2, -0.15) is 0 Å². The molecule has 2 aromatic heterocycles. The van der Waals surface area contributed by atoms with E-state index in [0.29, 0.717) is 19.3 Å². The van der Waals surface area contributed by atoms with Crippen LogP contribution in [0.5, 0.6) is 0 Å². The van der Waals surface area contributed by atoms with Crippen molar-refractivity contribution in [3.05, 3.63) is 49.1 Å². The molecule has 0 aliphatic carbocycles. The average molecular weight is 291 g/mol. The number of aryl methyl sites for hydroxylation is 1. The van der Waals surface area contributed by atoms with Crippen molar-refractivity contribution in [3.8, 4) is 11.1 Å². The first-order valence-electron chi connectivity index (χ1n) is 6.71. The molecule has 1 atom stereocenters. The number of hydrogen-bond acceptors (Lipinski definition) is 3. The van der Waals surface area contributed by atoms with Crippen LogP contribution < -0.4 is 4.57 Å². The third-order valence-electron chi connectivity index (χ3n) is 3.07. The molecule has 4 nitrogen and oxygen atoms in total. The van der Waals surface area contributed by atoms with Gasteiger partial charge in [-0.05, 0) is 30.2 Å². The second-order valence-corrected chi connectivity index (χ2v) is 7.45. The predicted octanol–water partition coefficient (Wildman–Crippen LogP) is 2.98. The highest BCUT2D eigenvalue weighted by Crippen LogP contribution is 2.41. The highest BCUT2D eigenvalue weighted by Gasteiger charge is 2.17. The molecule has 2 heterocycles. The van der Waals surface area contributed by atoms with Crippen LogP contribution in [-0.2, 0) is 15.6 Å². The van der Waals surface area contributed by atoms with Crippen LogP contribution in [0.3, 0.4) is 0 Å². The molecular formula is C15H20N2O2P+. The lowest BCUT2D eigenvalue weighted by atomic mass is 10.1. The van der Waals surface area contributed by atoms with Crippen LogP contribution >= 0.6 is 7.37 Å². The maximum atomic E-state index is 12.0. The van der Waals surface area contributed by atoms with E-state index in [0.717, 1.165) is 11.1 Å². The van der Waals surface area contributed by atoms with E-state index in [-0.39, 0.29) is 0 Å². The molecule has 0 saturated carbocycles. The van der Waals surface area contributed by atoms with Crippen LogP contribution in [0.15, 0.2) is 49.1 Å². The predicted molar refractivity (Wildman–Crippen MR) is 79.9 cm³/mol. The van der Waals surface area contributed by atoms with Crippen LogP contribution in [-0.4, -0.2) is 24.4 Å². The fourth-order valence-electron chi connectivity index (χ4n) is 1.98. The topological polar surface area (TPSA) is 43.1 Å². The van der Waals surface area contributed by atoms with E-state index in [1.165, 1.54) is 0 Å². The van der Waals surface area contributed by atoms with Gasteiger partial charge in [-0.1, -0.05) is 0 Å². The second kappa shape index (κ2) is 6.78. The molecule has 2 rings (SSSR count). The fraction of sp³-hybridized carbons (Fsp3) is 0.333. The second-order valence-electron chi connectivity index (χ2n) is 4.72. The van der Waals surface area contributed by atoms with E-state index in [2.05, 4.69) is 17.1 Å². The van der Waals surface area contributed by atoms with E-state index in [9.17, 15) is 4.57 Å². The van der Waals surface area contributed by atoms with Crippen molar-refractivity contribution in [2.24, 2.45) is 0 Å². The largest absolute Gasteiger partial charge is 0.329 e. The molecule has 1 unspecified atom stereocenters. The third-order valence-corrected chi connectivity index (χ3v) is 4.89. The maximum absolute atomic E-state index is 12.0. The Balaban J connectivity index is 2.01. The zero-order chi connectivity index (χ0) is 14.4. The first-order chi connectivity index (χ1) is 9.61. The summed E-state index contributed by atoms with van der Waals surface area (Å²) in [4.78, 5) is 4.01. The minimum absolute atomic E-state index is 0.499. The Morgan fingerprint density at radius 1 is 1.15 bits per heavy atom. The van der Waals surface area contributed by atoms with Crippen molar-refractivity contribution in [1.82, 2.24) is 4.98 Å². The molecular weight excluding hydrogens is 271 g/mol. The molecule has 0 bridgehead atoms. The van der Waals surface area contributed by atoms with Gasteiger partial charge in [-0.25, -0.2) is 4.57 Å². The Morgan fingerprint density at radius 3 is 2.35 bits per heavy atom. The molecule has 106 valence electrons. The molecule has 0 amide bonds. The minimum atomic E-state index is -2.46. The summed E-state index contributed by atoms with van der Waals surface area (Å²) in [6.45, 7) is 4.76. The van der Waals surface area contributed by atoms with E-state index in [1.807, 2.05) is 36.0 Å². The SMILES string of the molecule is CCOP(C)(=O)CC[n+]1ccc(-c2ccncc2)cc1. The molecule has 0 aliphatic heterocycles. The van der Waals surface area contributed by atoms with Crippen molar-refractivity contribution in [2.45, 2.75) is 13.5 Å². The van der Waals surface area contributed by atoms with Crippen LogP contribution in [0.25, 0.3) is 11.1 Å². The molecule has 0 radical (unpaired) electrons. The van der Waals surface area contributed by atoms with E-state index >= 15 is 0 Å². The average Bonchev–Trinajstić information content (AvgIpc) is 2.47. The lowest BCUT2D eigenvalue weighted by Crippen LogP contribution is -2.34. The molecule has 0 saturated heterocycles. The summed E-state index contributed by atoms with van der Waals surface area (Å²) in [5.74, 6) is 0. The van der Waals surface area contributed by atoms with Gasteiger partial charge < -0.3 is 4.52 Å². The number of hydrogen-bond donors (Lipinski definition) is 0. The quantitative estimate of drug-likeness (QED) is 0.607. The number of rotatable bonds is 6. The normalized spacial score (nSPS) is 13.9. The summed E-state index contributed by atoms with van der Waals surface area (Å²) in [5.41, 5.74) is 2.29. The van der Waals surface area contributed by atoms with Gasteiger partial charge in [-0.3, -0.25) is 9.55 Å².